The summed E-state index contributed by atoms with van der Waals surface area (Å²) in [6, 6.07) is 8.63. The van der Waals surface area contributed by atoms with Gasteiger partial charge in [-0.05, 0) is 29.9 Å². The molecule has 1 amide bonds. The van der Waals surface area contributed by atoms with Crippen LogP contribution in [-0.4, -0.2) is 40.6 Å². The number of likely N-dealkylation sites (tertiary alicyclic amines) is 1. The summed E-state index contributed by atoms with van der Waals surface area (Å²) in [6.07, 6.45) is 1.23. The summed E-state index contributed by atoms with van der Waals surface area (Å²) < 4.78 is 0. The van der Waals surface area contributed by atoms with Crippen LogP contribution in [-0.2, 0) is 13.1 Å². The van der Waals surface area contributed by atoms with E-state index in [1.54, 1.807) is 0 Å². The van der Waals surface area contributed by atoms with Crippen molar-refractivity contribution in [3.05, 3.63) is 35.4 Å². The molecule has 0 radical (unpaired) electrons. The summed E-state index contributed by atoms with van der Waals surface area (Å²) in [5.74, 6) is 0.643. The van der Waals surface area contributed by atoms with Gasteiger partial charge in [0, 0.05) is 32.7 Å². The second-order valence-corrected chi connectivity index (χ2v) is 5.65. The zero-order chi connectivity index (χ0) is 13.2. The smallest absolute Gasteiger partial charge is 0.407 e. The first-order valence-electron chi connectivity index (χ1n) is 6.99. The number of piperidine rings is 1. The minimum absolute atomic E-state index is 0.643. The minimum atomic E-state index is -0.771. The maximum Gasteiger partial charge on any atom is 0.407 e. The largest absolute Gasteiger partial charge is 0.465 e. The molecule has 0 bridgehead atoms. The van der Waals surface area contributed by atoms with E-state index in [0.29, 0.717) is 19.0 Å². The van der Waals surface area contributed by atoms with Crippen molar-refractivity contribution in [2.45, 2.75) is 25.9 Å². The molecule has 1 aromatic carbocycles. The van der Waals surface area contributed by atoms with Gasteiger partial charge < -0.3 is 10.0 Å². The summed E-state index contributed by atoms with van der Waals surface area (Å²) in [7, 11) is 0. The minimum Gasteiger partial charge on any atom is -0.465 e. The van der Waals surface area contributed by atoms with E-state index in [1.165, 1.54) is 16.0 Å². The number of fused-ring (bicyclic) bond motifs is 1. The third-order valence-electron chi connectivity index (χ3n) is 4.31. The van der Waals surface area contributed by atoms with E-state index < -0.39 is 6.09 Å². The van der Waals surface area contributed by atoms with Gasteiger partial charge in [0.1, 0.15) is 0 Å². The topological polar surface area (TPSA) is 43.8 Å². The Morgan fingerprint density at radius 3 is 2.26 bits per heavy atom. The predicted molar refractivity (Wildman–Crippen MR) is 72.9 cm³/mol. The molecule has 0 unspecified atom stereocenters. The van der Waals surface area contributed by atoms with E-state index in [0.717, 1.165) is 32.5 Å². The molecule has 1 N–H and O–H groups in total. The van der Waals surface area contributed by atoms with E-state index in [9.17, 15) is 4.79 Å². The first-order chi connectivity index (χ1) is 9.22. The lowest BCUT2D eigenvalue weighted by Gasteiger charge is -2.32. The van der Waals surface area contributed by atoms with Crippen LogP contribution in [0.2, 0.25) is 0 Å². The quantitative estimate of drug-likeness (QED) is 0.888. The Morgan fingerprint density at radius 1 is 1.16 bits per heavy atom. The lowest BCUT2D eigenvalue weighted by molar-refractivity contribution is 0.113. The number of carboxylic acid groups (broad SMARTS) is 1. The highest BCUT2D eigenvalue weighted by Crippen LogP contribution is 2.26. The molecular weight excluding hydrogens is 240 g/mol. The third kappa shape index (κ3) is 2.73. The zero-order valence-corrected chi connectivity index (χ0v) is 11.1. The Balaban J connectivity index is 1.51. The highest BCUT2D eigenvalue weighted by Gasteiger charge is 2.26. The Morgan fingerprint density at radius 2 is 1.74 bits per heavy atom. The maximum atomic E-state index is 10.9. The number of hydrogen-bond donors (Lipinski definition) is 1. The fourth-order valence-corrected chi connectivity index (χ4v) is 3.20. The molecule has 1 saturated heterocycles. The van der Waals surface area contributed by atoms with Gasteiger partial charge in [-0.3, -0.25) is 4.90 Å². The van der Waals surface area contributed by atoms with E-state index >= 15 is 0 Å². The number of hydrogen-bond acceptors (Lipinski definition) is 2. The molecule has 0 saturated carbocycles. The van der Waals surface area contributed by atoms with Gasteiger partial charge in [0.05, 0.1) is 0 Å². The van der Waals surface area contributed by atoms with E-state index in [1.807, 2.05) is 0 Å². The average Bonchev–Trinajstić information content (AvgIpc) is 2.81. The standard InChI is InChI=1S/C15H20N2O2/c18-15(19)17-7-5-12(6-8-17)9-16-10-13-3-1-2-4-14(13)11-16/h1-4,12H,5-11H2,(H,18,19). The molecule has 0 aromatic heterocycles. The van der Waals surface area contributed by atoms with Crippen LogP contribution in [0.4, 0.5) is 4.79 Å². The number of amides is 1. The fraction of sp³-hybridized carbons (Fsp3) is 0.533. The Labute approximate surface area is 113 Å². The van der Waals surface area contributed by atoms with Gasteiger partial charge in [0.25, 0.3) is 0 Å². The molecule has 2 heterocycles. The fourth-order valence-electron chi connectivity index (χ4n) is 3.20. The van der Waals surface area contributed by atoms with Gasteiger partial charge in [0.15, 0.2) is 0 Å². The monoisotopic (exact) mass is 260 g/mol. The molecular formula is C15H20N2O2. The summed E-state index contributed by atoms with van der Waals surface area (Å²) in [5.41, 5.74) is 2.90. The van der Waals surface area contributed by atoms with Crippen molar-refractivity contribution in [2.24, 2.45) is 5.92 Å². The van der Waals surface area contributed by atoms with Crippen LogP contribution in [0.5, 0.6) is 0 Å². The van der Waals surface area contributed by atoms with Gasteiger partial charge in [-0.25, -0.2) is 4.79 Å². The summed E-state index contributed by atoms with van der Waals surface area (Å²) in [4.78, 5) is 14.9. The number of benzene rings is 1. The van der Waals surface area contributed by atoms with Gasteiger partial charge >= 0.3 is 6.09 Å². The first kappa shape index (κ1) is 12.5. The van der Waals surface area contributed by atoms with Crippen molar-refractivity contribution in [2.75, 3.05) is 19.6 Å². The predicted octanol–water partition coefficient (Wildman–Crippen LogP) is 2.39. The SMILES string of the molecule is O=C(O)N1CCC(CN2Cc3ccccc3C2)CC1. The zero-order valence-electron chi connectivity index (χ0n) is 11.1. The molecule has 2 aliphatic rings. The second-order valence-electron chi connectivity index (χ2n) is 5.65. The van der Waals surface area contributed by atoms with Gasteiger partial charge in [0.2, 0.25) is 0 Å². The van der Waals surface area contributed by atoms with Gasteiger partial charge in [-0.1, -0.05) is 24.3 Å². The highest BCUT2D eigenvalue weighted by atomic mass is 16.4. The first-order valence-corrected chi connectivity index (χ1v) is 6.99. The highest BCUT2D eigenvalue weighted by molar-refractivity contribution is 5.64. The molecule has 102 valence electrons. The van der Waals surface area contributed by atoms with Crippen molar-refractivity contribution in [1.82, 2.24) is 9.80 Å². The van der Waals surface area contributed by atoms with Crippen LogP contribution in [0.3, 0.4) is 0 Å². The van der Waals surface area contributed by atoms with Gasteiger partial charge in [-0.15, -0.1) is 0 Å². The summed E-state index contributed by atoms with van der Waals surface area (Å²) in [5, 5.41) is 8.94. The molecule has 0 aliphatic carbocycles. The van der Waals surface area contributed by atoms with Crippen LogP contribution in [0.15, 0.2) is 24.3 Å². The van der Waals surface area contributed by atoms with E-state index in [2.05, 4.69) is 29.2 Å². The normalized spacial score (nSPS) is 20.5. The Bertz CT molecular complexity index is 442. The summed E-state index contributed by atoms with van der Waals surface area (Å²) in [6.45, 7) is 4.59. The lowest BCUT2D eigenvalue weighted by Crippen LogP contribution is -2.40. The van der Waals surface area contributed by atoms with E-state index in [4.69, 9.17) is 5.11 Å². The molecule has 1 aromatic rings. The van der Waals surface area contributed by atoms with Crippen LogP contribution in [0, 0.1) is 5.92 Å². The summed E-state index contributed by atoms with van der Waals surface area (Å²) >= 11 is 0. The van der Waals surface area contributed by atoms with Crippen molar-refractivity contribution < 1.29 is 9.90 Å². The number of rotatable bonds is 2. The molecule has 3 rings (SSSR count). The number of nitrogens with zero attached hydrogens (tertiary/aromatic N) is 2. The number of carbonyl (C=O) groups is 1. The van der Waals surface area contributed by atoms with Crippen molar-refractivity contribution >= 4 is 6.09 Å². The van der Waals surface area contributed by atoms with Crippen LogP contribution in [0.1, 0.15) is 24.0 Å². The molecule has 0 atom stereocenters. The third-order valence-corrected chi connectivity index (χ3v) is 4.31. The van der Waals surface area contributed by atoms with Crippen LogP contribution in [0.25, 0.3) is 0 Å². The molecule has 2 aliphatic heterocycles. The van der Waals surface area contributed by atoms with Gasteiger partial charge in [-0.2, -0.15) is 0 Å². The maximum absolute atomic E-state index is 10.9. The van der Waals surface area contributed by atoms with Crippen molar-refractivity contribution in [1.29, 1.82) is 0 Å². The van der Waals surface area contributed by atoms with Crippen molar-refractivity contribution in [3.8, 4) is 0 Å². The average molecular weight is 260 g/mol. The molecule has 4 heteroatoms. The lowest BCUT2D eigenvalue weighted by atomic mass is 9.96. The molecule has 4 nitrogen and oxygen atoms in total. The van der Waals surface area contributed by atoms with E-state index in [-0.39, 0.29) is 0 Å². The van der Waals surface area contributed by atoms with Crippen LogP contribution < -0.4 is 0 Å². The Kier molecular flexibility index (Phi) is 3.42. The van der Waals surface area contributed by atoms with Crippen LogP contribution >= 0.6 is 0 Å². The molecule has 1 fully saturated rings. The van der Waals surface area contributed by atoms with Crippen molar-refractivity contribution in [3.63, 3.8) is 0 Å². The molecule has 0 spiro atoms. The molecule has 19 heavy (non-hydrogen) atoms. The second kappa shape index (κ2) is 5.21. The Hall–Kier alpha value is -1.55.